The molecule has 8 heteroatoms. The summed E-state index contributed by atoms with van der Waals surface area (Å²) in [5.41, 5.74) is 5.89. The van der Waals surface area contributed by atoms with Gasteiger partial charge in [0.1, 0.15) is 5.65 Å². The van der Waals surface area contributed by atoms with E-state index >= 15 is 0 Å². The summed E-state index contributed by atoms with van der Waals surface area (Å²) >= 11 is 0. The fraction of sp³-hybridized carbons (Fsp3) is 0.278. The predicted molar refractivity (Wildman–Crippen MR) is 167 cm³/mol. The van der Waals surface area contributed by atoms with Crippen LogP contribution in [0, 0.1) is 0 Å². The van der Waals surface area contributed by atoms with Gasteiger partial charge in [-0.25, -0.2) is 4.98 Å². The van der Waals surface area contributed by atoms with Gasteiger partial charge in [0.25, 0.3) is 5.91 Å². The van der Waals surface area contributed by atoms with E-state index in [0.29, 0.717) is 49.4 Å². The molecule has 3 aromatic carbocycles. The van der Waals surface area contributed by atoms with Crippen LogP contribution in [-0.2, 0) is 18.1 Å². The number of hydrogen-bond acceptors (Lipinski definition) is 3. The molecule has 0 radical (unpaired) electrons. The summed E-state index contributed by atoms with van der Waals surface area (Å²) in [6.45, 7) is 9.65. The average Bonchev–Trinajstić information content (AvgIpc) is 3.38. The number of aromatic nitrogens is 2. The molecular weight excluding hydrogens is 561 g/mol. The van der Waals surface area contributed by atoms with Crippen molar-refractivity contribution in [2.45, 2.75) is 38.9 Å². The predicted octanol–water partition coefficient (Wildman–Crippen LogP) is 7.94. The molecule has 0 spiro atoms. The second kappa shape index (κ2) is 11.6. The number of carbonyl (C=O) groups excluding carboxylic acids is 1. The van der Waals surface area contributed by atoms with Crippen LogP contribution in [0.5, 0.6) is 0 Å². The first kappa shape index (κ1) is 29.6. The van der Waals surface area contributed by atoms with E-state index < -0.39 is 11.7 Å². The van der Waals surface area contributed by atoms with Gasteiger partial charge >= 0.3 is 6.18 Å². The van der Waals surface area contributed by atoms with Gasteiger partial charge in [-0.2, -0.15) is 13.2 Å². The Kier molecular flexibility index (Phi) is 7.80. The topological polar surface area (TPSA) is 40.9 Å². The third-order valence-corrected chi connectivity index (χ3v) is 8.32. The number of amides is 1. The molecule has 5 nitrogen and oxygen atoms in total. The highest BCUT2D eigenvalue weighted by Gasteiger charge is 2.30. The van der Waals surface area contributed by atoms with Crippen LogP contribution < -0.4 is 0 Å². The maximum Gasteiger partial charge on any atom is 0.416 e. The third kappa shape index (κ3) is 6.13. The summed E-state index contributed by atoms with van der Waals surface area (Å²) in [4.78, 5) is 22.4. The highest BCUT2D eigenvalue weighted by Crippen LogP contribution is 2.33. The van der Waals surface area contributed by atoms with E-state index in [9.17, 15) is 18.0 Å². The zero-order chi connectivity index (χ0) is 31.1. The molecular formula is C36H35F3N4O. The Morgan fingerprint density at radius 2 is 1.43 bits per heavy atom. The lowest BCUT2D eigenvalue weighted by Gasteiger charge is -2.35. The van der Waals surface area contributed by atoms with Gasteiger partial charge in [-0.1, -0.05) is 75.4 Å². The van der Waals surface area contributed by atoms with Crippen molar-refractivity contribution in [1.82, 2.24) is 19.2 Å². The minimum absolute atomic E-state index is 0.0253. The van der Waals surface area contributed by atoms with Gasteiger partial charge < -0.3 is 9.30 Å². The third-order valence-electron chi connectivity index (χ3n) is 8.32. The first-order valence-corrected chi connectivity index (χ1v) is 14.8. The summed E-state index contributed by atoms with van der Waals surface area (Å²) in [6.07, 6.45) is -2.54. The second-order valence-electron chi connectivity index (χ2n) is 12.4. The Labute approximate surface area is 255 Å². The Balaban J connectivity index is 1.26. The van der Waals surface area contributed by atoms with E-state index in [0.717, 1.165) is 28.7 Å². The number of rotatable bonds is 5. The van der Waals surface area contributed by atoms with E-state index in [2.05, 4.69) is 25.7 Å². The summed E-state index contributed by atoms with van der Waals surface area (Å²) in [7, 11) is 0. The van der Waals surface area contributed by atoms with Crippen molar-refractivity contribution in [3.8, 4) is 22.4 Å². The maximum absolute atomic E-state index is 13.4. The van der Waals surface area contributed by atoms with Crippen molar-refractivity contribution in [3.05, 3.63) is 120 Å². The minimum Gasteiger partial charge on any atom is -0.336 e. The number of fused-ring (bicyclic) bond motifs is 1. The standard InChI is InChI=1S/C36H35F3N4O/c1-35(2,3)29-15-12-26(13-16-29)34(44)42-20-18-41(19-21-42)24-31-33(25-8-5-4-6-9-25)40-32-17-14-28(23-43(31)32)27-10-7-11-30(22-27)36(37,38)39/h4-17,22-23H,18-21,24H2,1-3H3. The van der Waals surface area contributed by atoms with E-state index in [4.69, 9.17) is 4.98 Å². The fourth-order valence-corrected chi connectivity index (χ4v) is 5.73. The molecule has 5 aromatic rings. The van der Waals surface area contributed by atoms with Gasteiger partial charge in [0.2, 0.25) is 0 Å². The van der Waals surface area contributed by atoms with Crippen LogP contribution in [0.15, 0.2) is 97.2 Å². The molecule has 2 aromatic heterocycles. The van der Waals surface area contributed by atoms with E-state index in [1.165, 1.54) is 17.7 Å². The van der Waals surface area contributed by atoms with E-state index in [1.807, 2.05) is 82.2 Å². The van der Waals surface area contributed by atoms with Crippen molar-refractivity contribution in [2.24, 2.45) is 0 Å². The van der Waals surface area contributed by atoms with Gasteiger partial charge in [-0.05, 0) is 58.5 Å². The molecule has 1 saturated heterocycles. The lowest BCUT2D eigenvalue weighted by atomic mass is 9.86. The number of imidazole rings is 1. The molecule has 0 aliphatic carbocycles. The normalized spacial score (nSPS) is 14.7. The van der Waals surface area contributed by atoms with E-state index in [1.54, 1.807) is 6.07 Å². The fourth-order valence-electron chi connectivity index (χ4n) is 5.73. The van der Waals surface area contributed by atoms with Gasteiger partial charge in [0.15, 0.2) is 0 Å². The molecule has 1 fully saturated rings. The summed E-state index contributed by atoms with van der Waals surface area (Å²) < 4.78 is 42.3. The monoisotopic (exact) mass is 596 g/mol. The zero-order valence-electron chi connectivity index (χ0n) is 25.1. The first-order valence-electron chi connectivity index (χ1n) is 14.8. The molecule has 226 valence electrons. The molecule has 6 rings (SSSR count). The highest BCUT2D eigenvalue weighted by molar-refractivity contribution is 5.94. The largest absolute Gasteiger partial charge is 0.416 e. The zero-order valence-corrected chi connectivity index (χ0v) is 25.1. The summed E-state index contributed by atoms with van der Waals surface area (Å²) in [5.74, 6) is 0.0376. The number of piperazine rings is 1. The molecule has 1 aliphatic rings. The summed E-state index contributed by atoms with van der Waals surface area (Å²) in [6, 6.07) is 26.9. The molecule has 1 aliphatic heterocycles. The smallest absolute Gasteiger partial charge is 0.336 e. The van der Waals surface area contributed by atoms with Crippen molar-refractivity contribution in [1.29, 1.82) is 0 Å². The SMILES string of the molecule is CC(C)(C)c1ccc(C(=O)N2CCN(Cc3c(-c4ccccc4)nc4ccc(-c5cccc(C(F)(F)F)c5)cn34)CC2)cc1. The molecule has 44 heavy (non-hydrogen) atoms. The van der Waals surface area contributed by atoms with Crippen LogP contribution in [0.25, 0.3) is 28.0 Å². The molecule has 0 bridgehead atoms. The Morgan fingerprint density at radius 1 is 0.750 bits per heavy atom. The Bertz CT molecular complexity index is 1780. The lowest BCUT2D eigenvalue weighted by Crippen LogP contribution is -2.48. The first-order chi connectivity index (χ1) is 21.0. The minimum atomic E-state index is -4.42. The average molecular weight is 597 g/mol. The molecule has 3 heterocycles. The summed E-state index contributed by atoms with van der Waals surface area (Å²) in [5, 5.41) is 0. The second-order valence-corrected chi connectivity index (χ2v) is 12.4. The molecule has 0 saturated carbocycles. The van der Waals surface area contributed by atoms with E-state index in [-0.39, 0.29) is 11.3 Å². The van der Waals surface area contributed by atoms with Crippen LogP contribution in [0.3, 0.4) is 0 Å². The number of nitrogens with zero attached hydrogens (tertiary/aromatic N) is 4. The van der Waals surface area contributed by atoms with Crippen molar-refractivity contribution in [3.63, 3.8) is 0 Å². The van der Waals surface area contributed by atoms with Crippen molar-refractivity contribution >= 4 is 11.6 Å². The number of carbonyl (C=O) groups is 1. The van der Waals surface area contributed by atoms with Crippen LogP contribution >= 0.6 is 0 Å². The van der Waals surface area contributed by atoms with Crippen LogP contribution in [-0.4, -0.2) is 51.3 Å². The van der Waals surface area contributed by atoms with Crippen LogP contribution in [0.1, 0.15) is 48.0 Å². The Morgan fingerprint density at radius 3 is 2.09 bits per heavy atom. The molecule has 0 N–H and O–H groups in total. The number of hydrogen-bond donors (Lipinski definition) is 0. The van der Waals surface area contributed by atoms with Crippen LogP contribution in [0.2, 0.25) is 0 Å². The number of alkyl halides is 3. The highest BCUT2D eigenvalue weighted by atomic mass is 19.4. The van der Waals surface area contributed by atoms with Crippen LogP contribution in [0.4, 0.5) is 13.2 Å². The number of halogens is 3. The van der Waals surface area contributed by atoms with Crippen molar-refractivity contribution < 1.29 is 18.0 Å². The quantitative estimate of drug-likeness (QED) is 0.207. The number of benzene rings is 3. The molecule has 0 unspecified atom stereocenters. The van der Waals surface area contributed by atoms with Gasteiger partial charge in [0, 0.05) is 50.0 Å². The lowest BCUT2D eigenvalue weighted by molar-refractivity contribution is -0.137. The van der Waals surface area contributed by atoms with Gasteiger partial charge in [-0.15, -0.1) is 0 Å². The number of pyridine rings is 1. The maximum atomic E-state index is 13.4. The molecule has 0 atom stereocenters. The molecule has 1 amide bonds. The van der Waals surface area contributed by atoms with Gasteiger partial charge in [-0.3, -0.25) is 9.69 Å². The van der Waals surface area contributed by atoms with Crippen molar-refractivity contribution in [2.75, 3.05) is 26.2 Å². The van der Waals surface area contributed by atoms with Gasteiger partial charge in [0.05, 0.1) is 17.0 Å². The Hall–Kier alpha value is -4.43.